The molecule has 1 unspecified atom stereocenters. The highest BCUT2D eigenvalue weighted by Crippen LogP contribution is 2.19. The van der Waals surface area contributed by atoms with Crippen LogP contribution < -0.4 is 5.73 Å². The van der Waals surface area contributed by atoms with Crippen molar-refractivity contribution in [3.05, 3.63) is 34.6 Å². The van der Waals surface area contributed by atoms with Gasteiger partial charge in [-0.15, -0.1) is 0 Å². The van der Waals surface area contributed by atoms with Crippen LogP contribution in [0.3, 0.4) is 0 Å². The lowest BCUT2D eigenvalue weighted by Gasteiger charge is -2.10. The molecular weight excluding hydrogens is 225 g/mol. The number of benzene rings is 1. The molecule has 0 saturated carbocycles. The van der Waals surface area contributed by atoms with Crippen LogP contribution in [0, 0.1) is 5.82 Å². The molecule has 0 heterocycles. The number of halogens is 2. The lowest BCUT2D eigenvalue weighted by atomic mass is 10.0. The lowest BCUT2D eigenvalue weighted by Crippen LogP contribution is -2.19. The van der Waals surface area contributed by atoms with Crippen LogP contribution in [0.4, 0.5) is 4.39 Å². The molecule has 1 atom stereocenters. The van der Waals surface area contributed by atoms with Crippen molar-refractivity contribution in [2.75, 3.05) is 0 Å². The Morgan fingerprint density at radius 2 is 2.12 bits per heavy atom. The maximum atomic E-state index is 12.8. The van der Waals surface area contributed by atoms with Crippen LogP contribution in [0.1, 0.15) is 38.2 Å². The van der Waals surface area contributed by atoms with Gasteiger partial charge < -0.3 is 5.73 Å². The van der Waals surface area contributed by atoms with Crippen molar-refractivity contribution >= 4 is 11.6 Å². The van der Waals surface area contributed by atoms with Crippen LogP contribution in [0.5, 0.6) is 0 Å². The van der Waals surface area contributed by atoms with Gasteiger partial charge in [0.15, 0.2) is 0 Å². The zero-order chi connectivity index (χ0) is 12.0. The fraction of sp³-hybridized carbons (Fsp3) is 0.538. The van der Waals surface area contributed by atoms with Gasteiger partial charge in [0.25, 0.3) is 0 Å². The number of hydrogen-bond donors (Lipinski definition) is 1. The van der Waals surface area contributed by atoms with Crippen molar-refractivity contribution in [3.63, 3.8) is 0 Å². The second-order valence-electron chi connectivity index (χ2n) is 4.18. The van der Waals surface area contributed by atoms with Gasteiger partial charge in [0.1, 0.15) is 5.82 Å². The monoisotopic (exact) mass is 243 g/mol. The fourth-order valence-corrected chi connectivity index (χ4v) is 2.06. The summed E-state index contributed by atoms with van der Waals surface area (Å²) in [6.45, 7) is 2.14. The van der Waals surface area contributed by atoms with Crippen LogP contribution in [-0.2, 0) is 6.42 Å². The second kappa shape index (κ2) is 6.87. The van der Waals surface area contributed by atoms with Gasteiger partial charge in [-0.05, 0) is 43.4 Å². The van der Waals surface area contributed by atoms with Crippen molar-refractivity contribution in [2.45, 2.75) is 45.1 Å². The molecule has 0 aliphatic rings. The molecule has 0 fully saturated rings. The molecule has 0 aliphatic heterocycles. The molecule has 0 aliphatic carbocycles. The highest BCUT2D eigenvalue weighted by atomic mass is 35.5. The number of hydrogen-bond acceptors (Lipinski definition) is 1. The van der Waals surface area contributed by atoms with E-state index in [2.05, 4.69) is 6.92 Å². The first-order valence-corrected chi connectivity index (χ1v) is 6.20. The Bertz CT molecular complexity index is 328. The Kier molecular flexibility index (Phi) is 5.78. The summed E-state index contributed by atoms with van der Waals surface area (Å²) < 4.78 is 12.8. The van der Waals surface area contributed by atoms with Crippen LogP contribution in [0.15, 0.2) is 18.2 Å². The first-order chi connectivity index (χ1) is 7.63. The van der Waals surface area contributed by atoms with Gasteiger partial charge >= 0.3 is 0 Å². The van der Waals surface area contributed by atoms with Crippen molar-refractivity contribution in [2.24, 2.45) is 5.73 Å². The van der Waals surface area contributed by atoms with Crippen molar-refractivity contribution in [3.8, 4) is 0 Å². The summed E-state index contributed by atoms with van der Waals surface area (Å²) in [5.41, 5.74) is 6.92. The number of aryl methyl sites for hydroxylation is 1. The van der Waals surface area contributed by atoms with E-state index in [1.54, 1.807) is 6.07 Å². The fourth-order valence-electron chi connectivity index (χ4n) is 1.79. The van der Waals surface area contributed by atoms with E-state index in [9.17, 15) is 4.39 Å². The molecule has 0 aromatic heterocycles. The van der Waals surface area contributed by atoms with Gasteiger partial charge in [-0.3, -0.25) is 0 Å². The minimum absolute atomic E-state index is 0.281. The Hall–Kier alpha value is -0.600. The average Bonchev–Trinajstić information content (AvgIpc) is 2.22. The Morgan fingerprint density at radius 1 is 1.38 bits per heavy atom. The second-order valence-corrected chi connectivity index (χ2v) is 4.58. The van der Waals surface area contributed by atoms with E-state index >= 15 is 0 Å². The molecule has 2 N–H and O–H groups in total. The predicted molar refractivity (Wildman–Crippen MR) is 67.2 cm³/mol. The van der Waals surface area contributed by atoms with Crippen molar-refractivity contribution in [1.82, 2.24) is 0 Å². The van der Waals surface area contributed by atoms with Gasteiger partial charge in [0, 0.05) is 11.1 Å². The lowest BCUT2D eigenvalue weighted by molar-refractivity contribution is 0.539. The molecule has 90 valence electrons. The molecule has 0 saturated heterocycles. The topological polar surface area (TPSA) is 26.0 Å². The quantitative estimate of drug-likeness (QED) is 0.805. The van der Waals surface area contributed by atoms with E-state index in [0.29, 0.717) is 5.02 Å². The van der Waals surface area contributed by atoms with Gasteiger partial charge in [-0.1, -0.05) is 31.0 Å². The molecule has 0 amide bonds. The number of nitrogens with two attached hydrogens (primary N) is 1. The molecule has 1 nitrogen and oxygen atoms in total. The largest absolute Gasteiger partial charge is 0.328 e. The Morgan fingerprint density at radius 3 is 2.75 bits per heavy atom. The van der Waals surface area contributed by atoms with E-state index in [0.717, 1.165) is 37.7 Å². The van der Waals surface area contributed by atoms with Crippen LogP contribution in [0.25, 0.3) is 0 Å². The molecule has 1 aromatic rings. The number of rotatable bonds is 6. The zero-order valence-corrected chi connectivity index (χ0v) is 10.4. The molecular formula is C13H19ClFN. The summed E-state index contributed by atoms with van der Waals surface area (Å²) in [5.74, 6) is -0.281. The third-order valence-electron chi connectivity index (χ3n) is 2.70. The normalized spacial score (nSPS) is 12.8. The molecule has 3 heteroatoms. The third kappa shape index (κ3) is 4.50. The standard InChI is InChI=1S/C13H19ClFN/c1-2-4-12(16)6-3-5-10-7-8-11(15)9-13(10)14/h7-9,12H,2-6,16H2,1H3. The summed E-state index contributed by atoms with van der Waals surface area (Å²) in [6.07, 6.45) is 5.07. The third-order valence-corrected chi connectivity index (χ3v) is 3.05. The highest BCUT2D eigenvalue weighted by Gasteiger charge is 2.04. The van der Waals surface area contributed by atoms with E-state index < -0.39 is 0 Å². The van der Waals surface area contributed by atoms with Gasteiger partial charge in [-0.25, -0.2) is 4.39 Å². The van der Waals surface area contributed by atoms with Crippen molar-refractivity contribution in [1.29, 1.82) is 0 Å². The molecule has 0 bridgehead atoms. The minimum atomic E-state index is -0.281. The summed E-state index contributed by atoms with van der Waals surface area (Å²) in [6, 6.07) is 4.85. The Balaban J connectivity index is 2.37. The predicted octanol–water partition coefficient (Wildman–Crippen LogP) is 3.93. The minimum Gasteiger partial charge on any atom is -0.328 e. The summed E-state index contributed by atoms with van der Waals surface area (Å²) in [7, 11) is 0. The Labute approximate surface area is 102 Å². The SMILES string of the molecule is CCCC(N)CCCc1ccc(F)cc1Cl. The van der Waals surface area contributed by atoms with E-state index in [4.69, 9.17) is 17.3 Å². The van der Waals surface area contributed by atoms with Gasteiger partial charge in [0.05, 0.1) is 0 Å². The maximum absolute atomic E-state index is 12.8. The molecule has 0 radical (unpaired) electrons. The maximum Gasteiger partial charge on any atom is 0.124 e. The first kappa shape index (κ1) is 13.5. The van der Waals surface area contributed by atoms with Crippen LogP contribution >= 0.6 is 11.6 Å². The molecule has 1 aromatic carbocycles. The van der Waals surface area contributed by atoms with Crippen LogP contribution in [-0.4, -0.2) is 6.04 Å². The highest BCUT2D eigenvalue weighted by molar-refractivity contribution is 6.31. The molecule has 16 heavy (non-hydrogen) atoms. The summed E-state index contributed by atoms with van der Waals surface area (Å²) in [5, 5.41) is 0.518. The summed E-state index contributed by atoms with van der Waals surface area (Å²) in [4.78, 5) is 0. The van der Waals surface area contributed by atoms with Crippen LogP contribution in [0.2, 0.25) is 5.02 Å². The zero-order valence-electron chi connectivity index (χ0n) is 9.68. The van der Waals surface area contributed by atoms with Gasteiger partial charge in [-0.2, -0.15) is 0 Å². The van der Waals surface area contributed by atoms with E-state index in [1.165, 1.54) is 12.1 Å². The van der Waals surface area contributed by atoms with E-state index in [1.807, 2.05) is 0 Å². The van der Waals surface area contributed by atoms with Gasteiger partial charge in [0.2, 0.25) is 0 Å². The smallest absolute Gasteiger partial charge is 0.124 e. The first-order valence-electron chi connectivity index (χ1n) is 5.83. The molecule has 1 rings (SSSR count). The molecule has 0 spiro atoms. The summed E-state index contributed by atoms with van der Waals surface area (Å²) >= 11 is 5.93. The van der Waals surface area contributed by atoms with Crippen molar-refractivity contribution < 1.29 is 4.39 Å². The average molecular weight is 244 g/mol. The van der Waals surface area contributed by atoms with E-state index in [-0.39, 0.29) is 11.9 Å².